The third-order valence-electron chi connectivity index (χ3n) is 2.59. The molecule has 0 aromatic heterocycles. The molecule has 1 unspecified atom stereocenters. The van der Waals surface area contributed by atoms with Crippen LogP contribution in [0, 0.1) is 0 Å². The van der Waals surface area contributed by atoms with E-state index < -0.39 is 10.8 Å². The van der Waals surface area contributed by atoms with Crippen molar-refractivity contribution in [2.75, 3.05) is 12.5 Å². The summed E-state index contributed by atoms with van der Waals surface area (Å²) < 4.78 is 11.7. The van der Waals surface area contributed by atoms with Gasteiger partial charge in [-0.1, -0.05) is 36.4 Å². The van der Waals surface area contributed by atoms with Gasteiger partial charge in [0.1, 0.15) is 0 Å². The van der Waals surface area contributed by atoms with E-state index in [9.17, 15) is 4.21 Å². The van der Waals surface area contributed by atoms with Crippen LogP contribution in [0.4, 0.5) is 0 Å². The number of thioether (sulfide) groups is 1. The van der Waals surface area contributed by atoms with Crippen LogP contribution < -0.4 is 0 Å². The first kappa shape index (κ1) is 12.4. The quantitative estimate of drug-likeness (QED) is 0.782. The van der Waals surface area contributed by atoms with Gasteiger partial charge < -0.3 is 0 Å². The minimum atomic E-state index is -0.961. The van der Waals surface area contributed by atoms with E-state index in [2.05, 4.69) is 18.4 Å². The van der Waals surface area contributed by atoms with Gasteiger partial charge in [0.05, 0.1) is 10.8 Å². The molecule has 0 saturated carbocycles. The molecule has 88 valence electrons. The smallest absolute Gasteiger partial charge is 0.0504 e. The van der Waals surface area contributed by atoms with E-state index in [0.717, 1.165) is 16.0 Å². The SMILES string of the molecule is CSc1ccccc1-c1ccccc1S(C)=O. The lowest BCUT2D eigenvalue weighted by Gasteiger charge is -2.10. The molecule has 3 heteroatoms. The fourth-order valence-electron chi connectivity index (χ4n) is 1.81. The van der Waals surface area contributed by atoms with Crippen molar-refractivity contribution in [3.8, 4) is 11.1 Å². The molecule has 2 aromatic rings. The molecule has 0 heterocycles. The zero-order valence-electron chi connectivity index (χ0n) is 9.84. The molecular weight excluding hydrogens is 248 g/mol. The summed E-state index contributed by atoms with van der Waals surface area (Å²) in [6.45, 7) is 0. The molecule has 0 radical (unpaired) electrons. The van der Waals surface area contributed by atoms with Crippen LogP contribution in [-0.2, 0) is 10.8 Å². The molecule has 0 aliphatic rings. The predicted octanol–water partition coefficient (Wildman–Crippen LogP) is 3.81. The van der Waals surface area contributed by atoms with Crippen LogP contribution in [0.3, 0.4) is 0 Å². The lowest BCUT2D eigenvalue weighted by molar-refractivity contribution is 0.687. The lowest BCUT2D eigenvalue weighted by Crippen LogP contribution is -1.92. The summed E-state index contributed by atoms with van der Waals surface area (Å²) in [6, 6.07) is 16.1. The van der Waals surface area contributed by atoms with Crippen molar-refractivity contribution in [3.63, 3.8) is 0 Å². The monoisotopic (exact) mass is 262 g/mol. The van der Waals surface area contributed by atoms with Gasteiger partial charge in [-0.2, -0.15) is 0 Å². The molecule has 0 aliphatic carbocycles. The number of benzene rings is 2. The Bertz CT molecular complexity index is 549. The minimum Gasteiger partial charge on any atom is -0.255 e. The van der Waals surface area contributed by atoms with Crippen LogP contribution in [0.1, 0.15) is 0 Å². The first-order valence-electron chi connectivity index (χ1n) is 5.30. The van der Waals surface area contributed by atoms with Gasteiger partial charge in [0.2, 0.25) is 0 Å². The molecule has 0 N–H and O–H groups in total. The van der Waals surface area contributed by atoms with Crippen molar-refractivity contribution >= 4 is 22.6 Å². The summed E-state index contributed by atoms with van der Waals surface area (Å²) >= 11 is 1.71. The summed E-state index contributed by atoms with van der Waals surface area (Å²) in [7, 11) is -0.961. The molecule has 1 atom stereocenters. The van der Waals surface area contributed by atoms with E-state index in [1.807, 2.05) is 36.4 Å². The molecule has 2 aromatic carbocycles. The summed E-state index contributed by atoms with van der Waals surface area (Å²) in [4.78, 5) is 2.11. The Kier molecular flexibility index (Phi) is 4.02. The number of hydrogen-bond donors (Lipinski definition) is 0. The fraction of sp³-hybridized carbons (Fsp3) is 0.143. The molecule has 17 heavy (non-hydrogen) atoms. The second-order valence-corrected chi connectivity index (χ2v) is 5.85. The van der Waals surface area contributed by atoms with Crippen molar-refractivity contribution in [2.45, 2.75) is 9.79 Å². The Morgan fingerprint density at radius 1 is 0.941 bits per heavy atom. The van der Waals surface area contributed by atoms with Crippen LogP contribution in [-0.4, -0.2) is 16.7 Å². The largest absolute Gasteiger partial charge is 0.255 e. The van der Waals surface area contributed by atoms with Crippen molar-refractivity contribution in [1.29, 1.82) is 0 Å². The molecule has 0 bridgehead atoms. The van der Waals surface area contributed by atoms with E-state index in [0.29, 0.717) is 0 Å². The summed E-state index contributed by atoms with van der Waals surface area (Å²) in [6.07, 6.45) is 3.78. The molecule has 0 aliphatic heterocycles. The average Bonchev–Trinajstić information content (AvgIpc) is 2.38. The highest BCUT2D eigenvalue weighted by Gasteiger charge is 2.10. The molecule has 0 amide bonds. The van der Waals surface area contributed by atoms with E-state index >= 15 is 0 Å². The van der Waals surface area contributed by atoms with Gasteiger partial charge in [0.15, 0.2) is 0 Å². The van der Waals surface area contributed by atoms with Crippen molar-refractivity contribution in [2.24, 2.45) is 0 Å². The third kappa shape index (κ3) is 2.61. The van der Waals surface area contributed by atoms with Crippen LogP contribution >= 0.6 is 11.8 Å². The second kappa shape index (κ2) is 5.52. The van der Waals surface area contributed by atoms with Gasteiger partial charge in [-0.05, 0) is 29.5 Å². The second-order valence-electron chi connectivity index (χ2n) is 3.65. The topological polar surface area (TPSA) is 17.1 Å². The van der Waals surface area contributed by atoms with Crippen molar-refractivity contribution < 1.29 is 4.21 Å². The van der Waals surface area contributed by atoms with Crippen molar-refractivity contribution in [1.82, 2.24) is 0 Å². The standard InChI is InChI=1S/C14H14OS2/c1-16-13-9-5-3-7-11(13)12-8-4-6-10-14(12)17(2)15/h3-10H,1-2H3. The normalized spacial score (nSPS) is 12.4. The van der Waals surface area contributed by atoms with Gasteiger partial charge in [-0.25, -0.2) is 0 Å². The summed E-state index contributed by atoms with van der Waals surface area (Å²) in [5, 5.41) is 0. The molecule has 0 fully saturated rings. The van der Waals surface area contributed by atoms with Gasteiger partial charge in [-0.15, -0.1) is 11.8 Å². The Morgan fingerprint density at radius 2 is 1.53 bits per heavy atom. The predicted molar refractivity (Wildman–Crippen MR) is 76.0 cm³/mol. The fourth-order valence-corrected chi connectivity index (χ4v) is 3.18. The molecular formula is C14H14OS2. The number of hydrogen-bond acceptors (Lipinski definition) is 2. The van der Waals surface area contributed by atoms with Crippen LogP contribution in [0.2, 0.25) is 0 Å². The van der Waals surface area contributed by atoms with Gasteiger partial charge in [0, 0.05) is 16.0 Å². The zero-order chi connectivity index (χ0) is 12.3. The minimum absolute atomic E-state index is 0.897. The van der Waals surface area contributed by atoms with Crippen LogP contribution in [0.25, 0.3) is 11.1 Å². The molecule has 1 nitrogen and oxygen atoms in total. The zero-order valence-corrected chi connectivity index (χ0v) is 11.5. The van der Waals surface area contributed by atoms with E-state index in [4.69, 9.17) is 0 Å². The summed E-state index contributed by atoms with van der Waals surface area (Å²) in [5.41, 5.74) is 2.23. The molecule has 2 rings (SSSR count). The summed E-state index contributed by atoms with van der Waals surface area (Å²) in [5.74, 6) is 0. The molecule has 0 saturated heterocycles. The van der Waals surface area contributed by atoms with Crippen LogP contribution in [0.5, 0.6) is 0 Å². The maximum atomic E-state index is 11.7. The maximum Gasteiger partial charge on any atom is 0.0504 e. The first-order valence-corrected chi connectivity index (χ1v) is 8.08. The van der Waals surface area contributed by atoms with E-state index in [1.165, 1.54) is 4.90 Å². The Morgan fingerprint density at radius 3 is 2.18 bits per heavy atom. The van der Waals surface area contributed by atoms with Crippen LogP contribution in [0.15, 0.2) is 58.3 Å². The van der Waals surface area contributed by atoms with Gasteiger partial charge >= 0.3 is 0 Å². The highest BCUT2D eigenvalue weighted by molar-refractivity contribution is 7.98. The highest BCUT2D eigenvalue weighted by atomic mass is 32.2. The van der Waals surface area contributed by atoms with E-state index in [1.54, 1.807) is 18.0 Å². The van der Waals surface area contributed by atoms with Crippen molar-refractivity contribution in [3.05, 3.63) is 48.5 Å². The van der Waals surface area contributed by atoms with Gasteiger partial charge in [-0.3, -0.25) is 4.21 Å². The average molecular weight is 262 g/mol. The molecule has 0 spiro atoms. The lowest BCUT2D eigenvalue weighted by atomic mass is 10.1. The van der Waals surface area contributed by atoms with E-state index in [-0.39, 0.29) is 0 Å². The van der Waals surface area contributed by atoms with Gasteiger partial charge in [0.25, 0.3) is 0 Å². The maximum absolute atomic E-state index is 11.7. The highest BCUT2D eigenvalue weighted by Crippen LogP contribution is 2.33. The third-order valence-corrected chi connectivity index (χ3v) is 4.37. The first-order chi connectivity index (χ1) is 8.24. The Hall–Kier alpha value is -1.06. The number of rotatable bonds is 3. The Labute approximate surface area is 109 Å². The Balaban J connectivity index is 2.64.